The van der Waals surface area contributed by atoms with E-state index in [2.05, 4.69) is 29.6 Å². The van der Waals surface area contributed by atoms with Crippen LogP contribution in [-0.2, 0) is 11.3 Å². The Bertz CT molecular complexity index is 486. The molecule has 26 heavy (non-hydrogen) atoms. The molecule has 2 N–H and O–H groups in total. The Hall–Kier alpha value is -0.830. The van der Waals surface area contributed by atoms with Crippen LogP contribution in [-0.4, -0.2) is 48.6 Å². The Morgan fingerprint density at radius 2 is 2.08 bits per heavy atom. The summed E-state index contributed by atoms with van der Waals surface area (Å²) in [5.74, 6) is 0.936. The number of aryl methyl sites for hydroxylation is 1. The number of nitrogens with one attached hydrogen (secondary N) is 2. The van der Waals surface area contributed by atoms with Crippen LogP contribution in [0, 0.1) is 5.41 Å². The Balaban J connectivity index is 0.00000338. The molecule has 1 aromatic heterocycles. The lowest BCUT2D eigenvalue weighted by molar-refractivity contribution is 0.107. The first-order chi connectivity index (χ1) is 12.3. The Morgan fingerprint density at radius 1 is 1.27 bits per heavy atom. The van der Waals surface area contributed by atoms with E-state index in [1.165, 1.54) is 25.7 Å². The first kappa shape index (κ1) is 23.2. The highest BCUT2D eigenvalue weighted by atomic mass is 127. The number of nitrogens with zero attached hydrogens (tertiary/aromatic N) is 3. The van der Waals surface area contributed by atoms with E-state index in [1.807, 2.05) is 23.1 Å². The quantitative estimate of drug-likeness (QED) is 0.222. The van der Waals surface area contributed by atoms with Crippen molar-refractivity contribution >= 4 is 29.9 Å². The number of aliphatic imine (C=N–C) groups is 1. The van der Waals surface area contributed by atoms with Crippen molar-refractivity contribution in [3.05, 3.63) is 18.5 Å². The number of hydrogen-bond donors (Lipinski definition) is 2. The average molecular weight is 477 g/mol. The fraction of sp³-hybridized carbons (Fsp3) is 0.789. The summed E-state index contributed by atoms with van der Waals surface area (Å²) in [4.78, 5) is 4.90. The summed E-state index contributed by atoms with van der Waals surface area (Å²) in [7, 11) is 0. The largest absolute Gasteiger partial charge is 0.382 e. The van der Waals surface area contributed by atoms with Gasteiger partial charge < -0.3 is 15.4 Å². The van der Waals surface area contributed by atoms with Gasteiger partial charge in [0.1, 0.15) is 0 Å². The van der Waals surface area contributed by atoms with Gasteiger partial charge in [0.2, 0.25) is 0 Å². The van der Waals surface area contributed by atoms with Gasteiger partial charge in [0, 0.05) is 51.8 Å². The van der Waals surface area contributed by atoms with Crippen molar-refractivity contribution in [2.45, 2.75) is 58.9 Å². The van der Waals surface area contributed by atoms with Gasteiger partial charge >= 0.3 is 0 Å². The molecule has 1 heterocycles. The lowest BCUT2D eigenvalue weighted by Gasteiger charge is -2.27. The van der Waals surface area contributed by atoms with Crippen molar-refractivity contribution < 1.29 is 4.74 Å². The SMILES string of the molecule is CCNC(=NCC1(CCOCC)CCCC1)NCCCn1cccn1.I. The van der Waals surface area contributed by atoms with Crippen LogP contribution in [0.25, 0.3) is 0 Å². The number of guanidine groups is 1. The van der Waals surface area contributed by atoms with Crippen molar-refractivity contribution in [2.75, 3.05) is 32.8 Å². The van der Waals surface area contributed by atoms with E-state index in [0.717, 1.165) is 58.2 Å². The zero-order valence-corrected chi connectivity index (χ0v) is 18.7. The third kappa shape index (κ3) is 8.24. The van der Waals surface area contributed by atoms with Crippen LogP contribution >= 0.6 is 24.0 Å². The van der Waals surface area contributed by atoms with E-state index in [1.54, 1.807) is 0 Å². The van der Waals surface area contributed by atoms with Gasteiger partial charge in [-0.05, 0) is 51.0 Å². The summed E-state index contributed by atoms with van der Waals surface area (Å²) in [6.45, 7) is 9.46. The Labute approximate surface area is 175 Å². The van der Waals surface area contributed by atoms with Crippen molar-refractivity contribution in [3.8, 4) is 0 Å². The molecule has 1 aromatic rings. The van der Waals surface area contributed by atoms with Crippen LogP contribution in [0.1, 0.15) is 52.4 Å². The molecule has 1 aliphatic rings. The molecule has 0 atom stereocenters. The van der Waals surface area contributed by atoms with E-state index >= 15 is 0 Å². The molecule has 0 radical (unpaired) electrons. The molecule has 0 amide bonds. The van der Waals surface area contributed by atoms with Crippen molar-refractivity contribution in [2.24, 2.45) is 10.4 Å². The molecule has 1 aliphatic carbocycles. The number of rotatable bonds is 11. The maximum Gasteiger partial charge on any atom is 0.191 e. The smallest absolute Gasteiger partial charge is 0.191 e. The standard InChI is InChI=1S/C19H35N5O.HI/c1-3-20-18(21-12-7-14-24-15-8-13-23-24)22-17-19(9-5-6-10-19)11-16-25-4-2;/h8,13,15H,3-7,9-12,14,16-17H2,1-2H3,(H2,20,21,22);1H. The van der Waals surface area contributed by atoms with Crippen molar-refractivity contribution in [1.82, 2.24) is 20.4 Å². The zero-order chi connectivity index (χ0) is 17.8. The monoisotopic (exact) mass is 477 g/mol. The van der Waals surface area contributed by atoms with Crippen molar-refractivity contribution in [3.63, 3.8) is 0 Å². The zero-order valence-electron chi connectivity index (χ0n) is 16.4. The topological polar surface area (TPSA) is 63.5 Å². The van der Waals surface area contributed by atoms with Crippen LogP contribution < -0.4 is 10.6 Å². The molecule has 150 valence electrons. The molecule has 1 fully saturated rings. The number of aromatic nitrogens is 2. The fourth-order valence-corrected chi connectivity index (χ4v) is 3.51. The first-order valence-corrected chi connectivity index (χ1v) is 9.85. The average Bonchev–Trinajstić information content (AvgIpc) is 3.29. The first-order valence-electron chi connectivity index (χ1n) is 9.85. The lowest BCUT2D eigenvalue weighted by Crippen LogP contribution is -2.39. The summed E-state index contributed by atoms with van der Waals surface area (Å²) in [5.41, 5.74) is 0.340. The second-order valence-electron chi connectivity index (χ2n) is 6.90. The van der Waals surface area contributed by atoms with Crippen LogP contribution in [0.15, 0.2) is 23.5 Å². The van der Waals surface area contributed by atoms with Gasteiger partial charge in [-0.3, -0.25) is 9.67 Å². The van der Waals surface area contributed by atoms with E-state index < -0.39 is 0 Å². The maximum absolute atomic E-state index is 5.60. The van der Waals surface area contributed by atoms with Gasteiger partial charge in [0.25, 0.3) is 0 Å². The Kier molecular flexibility index (Phi) is 11.9. The van der Waals surface area contributed by atoms with E-state index in [0.29, 0.717) is 5.41 Å². The normalized spacial score (nSPS) is 16.3. The predicted molar refractivity (Wildman–Crippen MR) is 118 cm³/mol. The molecule has 7 heteroatoms. The minimum Gasteiger partial charge on any atom is -0.382 e. The maximum atomic E-state index is 5.60. The van der Waals surface area contributed by atoms with Crippen LogP contribution in [0.3, 0.4) is 0 Å². The molecule has 0 saturated heterocycles. The third-order valence-electron chi connectivity index (χ3n) is 4.98. The van der Waals surface area contributed by atoms with E-state index in [9.17, 15) is 0 Å². The van der Waals surface area contributed by atoms with Crippen LogP contribution in [0.4, 0.5) is 0 Å². The minimum absolute atomic E-state index is 0. The molecular formula is C19H36IN5O. The van der Waals surface area contributed by atoms with Crippen molar-refractivity contribution in [1.29, 1.82) is 0 Å². The number of hydrogen-bond acceptors (Lipinski definition) is 3. The van der Waals surface area contributed by atoms with Gasteiger partial charge in [0.15, 0.2) is 5.96 Å². The molecule has 6 nitrogen and oxygen atoms in total. The molecular weight excluding hydrogens is 441 g/mol. The van der Waals surface area contributed by atoms with Crippen LogP contribution in [0.5, 0.6) is 0 Å². The highest BCUT2D eigenvalue weighted by molar-refractivity contribution is 14.0. The van der Waals surface area contributed by atoms with Gasteiger partial charge in [-0.25, -0.2) is 0 Å². The lowest BCUT2D eigenvalue weighted by atomic mass is 9.83. The molecule has 0 spiro atoms. The Morgan fingerprint density at radius 3 is 2.73 bits per heavy atom. The van der Waals surface area contributed by atoms with Gasteiger partial charge in [-0.2, -0.15) is 5.10 Å². The molecule has 0 bridgehead atoms. The fourth-order valence-electron chi connectivity index (χ4n) is 3.51. The van der Waals surface area contributed by atoms with Crippen LogP contribution in [0.2, 0.25) is 0 Å². The van der Waals surface area contributed by atoms with E-state index in [-0.39, 0.29) is 24.0 Å². The summed E-state index contributed by atoms with van der Waals surface area (Å²) >= 11 is 0. The number of ether oxygens (including phenoxy) is 1. The second-order valence-corrected chi connectivity index (χ2v) is 6.90. The summed E-state index contributed by atoms with van der Waals surface area (Å²) in [6.07, 6.45) is 11.2. The molecule has 0 aromatic carbocycles. The summed E-state index contributed by atoms with van der Waals surface area (Å²) < 4.78 is 7.57. The summed E-state index contributed by atoms with van der Waals surface area (Å²) in [5, 5.41) is 11.1. The highest BCUT2D eigenvalue weighted by Crippen LogP contribution is 2.41. The van der Waals surface area contributed by atoms with Gasteiger partial charge in [-0.15, -0.1) is 24.0 Å². The predicted octanol–water partition coefficient (Wildman–Crippen LogP) is 3.43. The molecule has 0 unspecified atom stereocenters. The molecule has 1 saturated carbocycles. The molecule has 0 aliphatic heterocycles. The van der Waals surface area contributed by atoms with Gasteiger partial charge in [-0.1, -0.05) is 12.8 Å². The highest BCUT2D eigenvalue weighted by Gasteiger charge is 2.33. The second kappa shape index (κ2) is 13.4. The van der Waals surface area contributed by atoms with E-state index in [4.69, 9.17) is 9.73 Å². The van der Waals surface area contributed by atoms with Gasteiger partial charge in [0.05, 0.1) is 0 Å². The summed E-state index contributed by atoms with van der Waals surface area (Å²) in [6, 6.07) is 1.96. The number of halogens is 1. The minimum atomic E-state index is 0. The third-order valence-corrected chi connectivity index (χ3v) is 4.98. The molecule has 2 rings (SSSR count).